The molecule has 0 saturated heterocycles. The number of rotatable bonds is 16. The second-order valence-electron chi connectivity index (χ2n) is 29.2. The number of non-ortho nitro benzene ring substituents is 2. The molecule has 18 rings (SSSR count). The third kappa shape index (κ3) is 24.7. The van der Waals surface area contributed by atoms with Crippen LogP contribution in [-0.4, -0.2) is 92.4 Å². The number of nitro groups is 2. The van der Waals surface area contributed by atoms with Gasteiger partial charge in [0, 0.05) is 104 Å². The molecule has 668 valence electrons. The maximum absolute atomic E-state index is 12.8. The molecule has 0 spiro atoms. The number of alkyl halides is 3. The number of hydrogen-bond acceptors (Lipinski definition) is 19. The van der Waals surface area contributed by atoms with Crippen molar-refractivity contribution < 1.29 is 76.0 Å². The molecule has 0 unspecified atom stereocenters. The largest absolute Gasteiger partial charge is 0.534 e. The Bertz CT molecular complexity index is 7030. The first-order chi connectivity index (χ1) is 63.5. The van der Waals surface area contributed by atoms with Crippen molar-refractivity contribution in [2.24, 2.45) is 0 Å². The van der Waals surface area contributed by atoms with Gasteiger partial charge in [0.1, 0.15) is 35.0 Å². The number of aldehydes is 1. The summed E-state index contributed by atoms with van der Waals surface area (Å²) in [5.41, 5.74) is 12.3. The van der Waals surface area contributed by atoms with Crippen molar-refractivity contribution >= 4 is 144 Å². The van der Waals surface area contributed by atoms with Crippen LogP contribution in [0, 0.1) is 20.2 Å². The molecule has 132 heavy (non-hydrogen) atoms. The lowest BCUT2D eigenvalue weighted by Crippen LogP contribution is -2.29. The quantitative estimate of drug-likeness (QED) is 0.00814. The Labute approximate surface area is 768 Å². The summed E-state index contributed by atoms with van der Waals surface area (Å²) < 4.78 is 66.7. The topological polar surface area (TPSA) is 350 Å². The van der Waals surface area contributed by atoms with E-state index < -0.39 is 32.6 Å². The maximum atomic E-state index is 12.8. The van der Waals surface area contributed by atoms with Crippen LogP contribution in [0.15, 0.2) is 368 Å². The van der Waals surface area contributed by atoms with Gasteiger partial charge in [-0.25, -0.2) is 0 Å². The number of nitro benzene ring substituents is 2. The molecule has 18 aromatic carbocycles. The van der Waals surface area contributed by atoms with Gasteiger partial charge in [0.05, 0.1) is 25.1 Å². The summed E-state index contributed by atoms with van der Waals surface area (Å²) in [5, 5.41) is 109. The second-order valence-corrected chi connectivity index (χ2v) is 31.6. The normalized spacial score (nSPS) is 10.7. The molecular formula is C105H91BBrF3N6O15S. The van der Waals surface area contributed by atoms with Crippen LogP contribution in [-0.2, 0) is 14.9 Å². The molecule has 0 atom stereocenters. The molecule has 0 aromatic heterocycles. The molecule has 0 aliphatic heterocycles. The first-order valence-electron chi connectivity index (χ1n) is 41.4. The lowest BCUT2D eigenvalue weighted by Gasteiger charge is -2.16. The molecule has 0 radical (unpaired) electrons. The minimum Gasteiger partial charge on any atom is -0.507 e. The third-order valence-corrected chi connectivity index (χ3v) is 22.0. The summed E-state index contributed by atoms with van der Waals surface area (Å²) in [5.74, 6) is 0.542. The van der Waals surface area contributed by atoms with Gasteiger partial charge >= 0.3 is 22.7 Å². The van der Waals surface area contributed by atoms with Gasteiger partial charge in [-0.1, -0.05) is 255 Å². The first kappa shape index (κ1) is 96.8. The van der Waals surface area contributed by atoms with E-state index in [1.807, 2.05) is 213 Å². The maximum Gasteiger partial charge on any atom is 0.534 e. The number of benzene rings is 18. The summed E-state index contributed by atoms with van der Waals surface area (Å²) in [4.78, 5) is 29.6. The van der Waals surface area contributed by atoms with E-state index >= 15 is 0 Å². The Morgan fingerprint density at radius 2 is 0.644 bits per heavy atom. The van der Waals surface area contributed by atoms with Crippen molar-refractivity contribution in [2.75, 3.05) is 41.3 Å². The van der Waals surface area contributed by atoms with Crippen molar-refractivity contribution in [3.8, 4) is 90.1 Å². The molecule has 0 aliphatic rings. The highest BCUT2D eigenvalue weighted by Crippen LogP contribution is 2.44. The van der Waals surface area contributed by atoms with E-state index in [-0.39, 0.29) is 39.9 Å². The zero-order valence-electron chi connectivity index (χ0n) is 71.7. The number of nitrogens with one attached hydrogen (secondary N) is 3. The summed E-state index contributed by atoms with van der Waals surface area (Å²) in [6, 6.07) is 110. The van der Waals surface area contributed by atoms with Crippen molar-refractivity contribution in [1.82, 2.24) is 0 Å². The molecule has 18 aromatic rings. The van der Waals surface area contributed by atoms with E-state index in [1.165, 1.54) is 37.3 Å². The molecule has 0 saturated carbocycles. The second kappa shape index (κ2) is 45.8. The Balaban J connectivity index is 0.000000150. The average molecular weight is 1860 g/mol. The molecule has 21 nitrogen and oxygen atoms in total. The Morgan fingerprint density at radius 3 is 0.962 bits per heavy atom. The fraction of sp³-hybridized carbons (Fsp3) is 0.0762. The number of aromatic hydroxyl groups is 5. The third-order valence-electron chi connectivity index (χ3n) is 20.4. The zero-order valence-corrected chi connectivity index (χ0v) is 74.1. The van der Waals surface area contributed by atoms with Gasteiger partial charge in [-0.3, -0.25) is 20.2 Å². The zero-order chi connectivity index (χ0) is 94.6. The van der Waals surface area contributed by atoms with Crippen LogP contribution in [0.25, 0.3) is 120 Å². The number of nitrogens with zero attached hydrogens (tertiary/aromatic N) is 2. The number of halogens is 4. The number of phenols is 5. The van der Waals surface area contributed by atoms with E-state index in [1.54, 1.807) is 115 Å². The lowest BCUT2D eigenvalue weighted by molar-refractivity contribution is -0.383. The molecule has 0 bridgehead atoms. The van der Waals surface area contributed by atoms with Crippen molar-refractivity contribution in [3.63, 3.8) is 0 Å². The molecular weight excluding hydrogens is 1760 g/mol. The summed E-state index contributed by atoms with van der Waals surface area (Å²) >= 11 is 3.16. The van der Waals surface area contributed by atoms with Crippen LogP contribution in [0.4, 0.5) is 47.3 Å². The molecule has 0 fully saturated rings. The highest BCUT2D eigenvalue weighted by molar-refractivity contribution is 9.10. The van der Waals surface area contributed by atoms with Gasteiger partial charge in [0.2, 0.25) is 0 Å². The van der Waals surface area contributed by atoms with Crippen LogP contribution in [0.2, 0.25) is 0 Å². The number of nitrogens with two attached hydrogens (primary N) is 1. The van der Waals surface area contributed by atoms with Gasteiger partial charge in [-0.15, -0.1) is 0 Å². The minimum atomic E-state index is -5.80. The summed E-state index contributed by atoms with van der Waals surface area (Å²) in [6.07, 6.45) is 0.750. The van der Waals surface area contributed by atoms with Crippen LogP contribution in [0.5, 0.6) is 34.5 Å². The summed E-state index contributed by atoms with van der Waals surface area (Å²) in [7, 11) is -7.14. The summed E-state index contributed by atoms with van der Waals surface area (Å²) in [6.45, 7) is 9.77. The first-order valence-corrected chi connectivity index (χ1v) is 43.6. The molecule has 27 heteroatoms. The van der Waals surface area contributed by atoms with Crippen LogP contribution in [0.3, 0.4) is 0 Å². The number of phenolic OH excluding ortho intramolecular Hbond substituents is 5. The monoisotopic (exact) mass is 1850 g/mol. The number of nitrogen functional groups attached to an aromatic ring is 1. The van der Waals surface area contributed by atoms with E-state index in [9.17, 15) is 67.4 Å². The van der Waals surface area contributed by atoms with Crippen LogP contribution < -0.4 is 31.3 Å². The smallest absolute Gasteiger partial charge is 0.507 e. The standard InChI is InChI=1S/C19H16F3NO3S.2C18H17NO.C16H11NO3.C16H13NO.C10H6BrNO3.C6H7BO2.C2H4O/c1-2-23-17-10-6-9-14-11-16(13-7-4-3-5-8-13)18(12-15(14)17)26-27(24,25)19(20,21)22;2*1-2-19-17-10-6-9-14-11-16(18(20)12-15(14)17)13-7-4-3-5-8-13;18-16-10-13-12(7-4-8-15(13)17(19)20)9-14(16)11-5-2-1-3-6-11;17-15-8-4-7-12-9-14(16(18)10-13(12)15)11-5-2-1-3-6-11;11-8-4-6-2-1-3-9(12(14)15)7(6)5-10(8)13;8-7(9)6-4-2-1-3-5-6;1-2-3/h3-12,23H,2H2,1H3;2*3-12,19-20H,2H2,1H3;1-10,18H;1-10,18H,17H2;1-5,13H;1-5,8-9H;2H,1H3. The molecule has 0 amide bonds. The highest BCUT2D eigenvalue weighted by atomic mass is 79.9. The average Bonchev–Trinajstić information content (AvgIpc) is 0.836. The fourth-order valence-corrected chi connectivity index (χ4v) is 15.1. The van der Waals surface area contributed by atoms with Crippen molar-refractivity contribution in [1.29, 1.82) is 0 Å². The lowest BCUT2D eigenvalue weighted by atomic mass is 9.81. The predicted molar refractivity (Wildman–Crippen MR) is 531 cm³/mol. The number of carbonyl (C=O) groups excluding carboxylic acids is 1. The number of anilines is 4. The Hall–Kier alpha value is -15.8. The van der Waals surface area contributed by atoms with E-state index in [4.69, 9.17) is 20.6 Å². The number of hydrogen-bond donors (Lipinski definition) is 11. The minimum absolute atomic E-state index is 0.00240. The fourth-order valence-electron chi connectivity index (χ4n) is 14.3. The van der Waals surface area contributed by atoms with Crippen LogP contribution >= 0.6 is 15.9 Å². The van der Waals surface area contributed by atoms with Gasteiger partial charge in [-0.05, 0) is 206 Å². The highest BCUT2D eigenvalue weighted by Gasteiger charge is 2.49. The predicted octanol–water partition coefficient (Wildman–Crippen LogP) is 25.2. The van der Waals surface area contributed by atoms with Gasteiger partial charge in [0.15, 0.2) is 5.75 Å². The number of carbonyl (C=O) groups is 1. The van der Waals surface area contributed by atoms with Gasteiger partial charge in [-0.2, -0.15) is 21.6 Å². The van der Waals surface area contributed by atoms with Gasteiger partial charge in [0.25, 0.3) is 11.4 Å². The molecule has 12 N–H and O–H groups in total. The van der Waals surface area contributed by atoms with E-state index in [0.29, 0.717) is 72.0 Å². The van der Waals surface area contributed by atoms with Gasteiger partial charge < -0.3 is 66.2 Å². The Kier molecular flexibility index (Phi) is 33.6. The molecule has 0 heterocycles. The number of fused-ring (bicyclic) bond motifs is 6. The van der Waals surface area contributed by atoms with E-state index in [2.05, 4.69) is 62.0 Å². The van der Waals surface area contributed by atoms with Crippen molar-refractivity contribution in [3.05, 3.63) is 389 Å². The SMILES string of the molecule is CC=O.CCNc1cccc2cc(-c3ccccc3)c(O)cc12.CCNc1cccc2cc(-c3ccccc3)c(O)cc12.CCNc1cccc2cc(-c3ccccc3)c(OS(=O)(=O)C(F)(F)F)cc12.Nc1cccc2cc(-c3ccccc3)c(O)cc12.O=[N+]([O-])c1cccc2cc(-c3ccccc3)c(O)cc12.O=[N+]([O-])c1cccc2cc(Br)c(O)cc12.OB(O)c1ccccc1. The van der Waals surface area contributed by atoms with Crippen molar-refractivity contribution in [2.45, 2.75) is 33.2 Å². The van der Waals surface area contributed by atoms with E-state index in [0.717, 1.165) is 113 Å². The van der Waals surface area contributed by atoms with Crippen LogP contribution in [0.1, 0.15) is 27.7 Å². The Morgan fingerprint density at radius 1 is 0.379 bits per heavy atom. The molecule has 0 aliphatic carbocycles.